The van der Waals surface area contributed by atoms with Crippen molar-refractivity contribution in [2.75, 3.05) is 11.5 Å². The second-order valence-electron chi connectivity index (χ2n) is 3.43. The van der Waals surface area contributed by atoms with E-state index in [9.17, 15) is 8.42 Å². The Morgan fingerprint density at radius 2 is 2.25 bits per heavy atom. The van der Waals surface area contributed by atoms with E-state index < -0.39 is 9.84 Å². The third kappa shape index (κ3) is 2.21. The van der Waals surface area contributed by atoms with Crippen molar-refractivity contribution < 1.29 is 8.42 Å². The Bertz CT molecular complexity index is 289. The lowest BCUT2D eigenvalue weighted by Gasteiger charge is -2.23. The highest BCUT2D eigenvalue weighted by Gasteiger charge is 2.28. The van der Waals surface area contributed by atoms with Crippen LogP contribution in [0.5, 0.6) is 0 Å². The fraction of sp³-hybridized carbons (Fsp3) is 0.875. The van der Waals surface area contributed by atoms with E-state index in [0.29, 0.717) is 5.75 Å². The quantitative estimate of drug-likeness (QED) is 0.614. The number of nitriles is 1. The Morgan fingerprint density at radius 1 is 1.58 bits per heavy atom. The van der Waals surface area contributed by atoms with E-state index in [0.717, 1.165) is 12.8 Å². The maximum Gasteiger partial charge on any atom is 0.150 e. The van der Waals surface area contributed by atoms with Gasteiger partial charge in [0.15, 0.2) is 9.84 Å². The molecule has 12 heavy (non-hydrogen) atoms. The zero-order valence-corrected chi connectivity index (χ0v) is 7.97. The molecular weight excluding hydrogens is 174 g/mol. The minimum absolute atomic E-state index is 0.0637. The van der Waals surface area contributed by atoms with Gasteiger partial charge in [0.2, 0.25) is 0 Å². The van der Waals surface area contributed by atoms with Gasteiger partial charge in [0.25, 0.3) is 0 Å². The molecule has 4 heteroatoms. The summed E-state index contributed by atoms with van der Waals surface area (Å²) in [6, 6.07) is 2.11. The van der Waals surface area contributed by atoms with Crippen molar-refractivity contribution in [3.05, 3.63) is 0 Å². The summed E-state index contributed by atoms with van der Waals surface area (Å²) in [6.45, 7) is 1.80. The highest BCUT2D eigenvalue weighted by atomic mass is 32.2. The van der Waals surface area contributed by atoms with E-state index in [-0.39, 0.29) is 17.6 Å². The van der Waals surface area contributed by atoms with Crippen molar-refractivity contribution >= 4 is 9.84 Å². The monoisotopic (exact) mass is 187 g/mol. The van der Waals surface area contributed by atoms with Crippen LogP contribution in [0.4, 0.5) is 0 Å². The van der Waals surface area contributed by atoms with Crippen LogP contribution >= 0.6 is 0 Å². The van der Waals surface area contributed by atoms with Gasteiger partial charge in [-0.3, -0.25) is 0 Å². The second-order valence-corrected chi connectivity index (χ2v) is 5.66. The van der Waals surface area contributed by atoms with Gasteiger partial charge in [0, 0.05) is 5.92 Å². The minimum Gasteiger partial charge on any atom is -0.229 e. The number of rotatable bonds is 1. The molecule has 1 aliphatic rings. The molecule has 3 nitrogen and oxygen atoms in total. The molecule has 0 aromatic rings. The average molecular weight is 187 g/mol. The SMILES string of the molecule is CC(C#N)C1CCCS(=O)(=O)C1. The molecule has 0 amide bonds. The molecule has 0 aromatic carbocycles. The standard InChI is InChI=1S/C8H13NO2S/c1-7(5-9)8-3-2-4-12(10,11)6-8/h7-8H,2-4,6H2,1H3. The van der Waals surface area contributed by atoms with E-state index in [4.69, 9.17) is 5.26 Å². The fourth-order valence-electron chi connectivity index (χ4n) is 1.56. The van der Waals surface area contributed by atoms with Crippen molar-refractivity contribution in [3.63, 3.8) is 0 Å². The lowest BCUT2D eigenvalue weighted by Crippen LogP contribution is -2.28. The number of sulfone groups is 1. The highest BCUT2D eigenvalue weighted by Crippen LogP contribution is 2.24. The van der Waals surface area contributed by atoms with Crippen LogP contribution in [0.3, 0.4) is 0 Å². The summed E-state index contributed by atoms with van der Waals surface area (Å²) in [5.41, 5.74) is 0. The van der Waals surface area contributed by atoms with Crippen LogP contribution in [-0.2, 0) is 9.84 Å². The first-order chi connectivity index (χ1) is 5.55. The van der Waals surface area contributed by atoms with Gasteiger partial charge in [-0.25, -0.2) is 8.42 Å². The van der Waals surface area contributed by atoms with E-state index in [1.54, 1.807) is 6.92 Å². The molecule has 2 unspecified atom stereocenters. The Balaban J connectivity index is 2.66. The molecular formula is C8H13NO2S. The zero-order chi connectivity index (χ0) is 9.19. The highest BCUT2D eigenvalue weighted by molar-refractivity contribution is 7.91. The largest absolute Gasteiger partial charge is 0.229 e. The van der Waals surface area contributed by atoms with Crippen molar-refractivity contribution in [1.29, 1.82) is 5.26 Å². The molecule has 1 saturated heterocycles. The molecule has 0 spiro atoms. The molecule has 0 bridgehead atoms. The minimum atomic E-state index is -2.84. The maximum atomic E-state index is 11.2. The molecule has 0 aliphatic carbocycles. The molecule has 1 heterocycles. The third-order valence-electron chi connectivity index (χ3n) is 2.41. The Labute approximate surface area is 73.3 Å². The first kappa shape index (κ1) is 9.53. The van der Waals surface area contributed by atoms with Gasteiger partial charge >= 0.3 is 0 Å². The molecule has 0 aromatic heterocycles. The number of hydrogen-bond donors (Lipinski definition) is 0. The van der Waals surface area contributed by atoms with E-state index in [1.807, 2.05) is 0 Å². The molecule has 0 radical (unpaired) electrons. The third-order valence-corrected chi connectivity index (χ3v) is 4.26. The molecule has 1 aliphatic heterocycles. The number of hydrogen-bond acceptors (Lipinski definition) is 3. The van der Waals surface area contributed by atoms with Crippen LogP contribution in [0.1, 0.15) is 19.8 Å². The van der Waals surface area contributed by atoms with Crippen LogP contribution in [0.15, 0.2) is 0 Å². The van der Waals surface area contributed by atoms with Crippen LogP contribution in [0.25, 0.3) is 0 Å². The summed E-state index contributed by atoms with van der Waals surface area (Å²) in [4.78, 5) is 0. The summed E-state index contributed by atoms with van der Waals surface area (Å²) < 4.78 is 22.3. The summed E-state index contributed by atoms with van der Waals surface area (Å²) in [6.07, 6.45) is 1.60. The smallest absolute Gasteiger partial charge is 0.150 e. The van der Waals surface area contributed by atoms with Crippen LogP contribution in [0.2, 0.25) is 0 Å². The predicted octanol–water partition coefficient (Wildman–Crippen LogP) is 0.971. The van der Waals surface area contributed by atoms with Gasteiger partial charge in [-0.1, -0.05) is 0 Å². The van der Waals surface area contributed by atoms with Crippen molar-refractivity contribution in [3.8, 4) is 6.07 Å². The molecule has 68 valence electrons. The maximum absolute atomic E-state index is 11.2. The lowest BCUT2D eigenvalue weighted by atomic mass is 9.93. The van der Waals surface area contributed by atoms with E-state index >= 15 is 0 Å². The van der Waals surface area contributed by atoms with Gasteiger partial charge in [-0.2, -0.15) is 5.26 Å². The topological polar surface area (TPSA) is 57.9 Å². The van der Waals surface area contributed by atoms with Gasteiger partial charge in [0.05, 0.1) is 17.6 Å². The second kappa shape index (κ2) is 3.44. The molecule has 1 fully saturated rings. The molecule has 0 saturated carbocycles. The summed E-state index contributed by atoms with van der Waals surface area (Å²) >= 11 is 0. The van der Waals surface area contributed by atoms with Gasteiger partial charge < -0.3 is 0 Å². The van der Waals surface area contributed by atoms with Crippen molar-refractivity contribution in [2.45, 2.75) is 19.8 Å². The Kier molecular flexibility index (Phi) is 2.73. The summed E-state index contributed by atoms with van der Waals surface area (Å²) in [7, 11) is -2.84. The summed E-state index contributed by atoms with van der Waals surface area (Å²) in [5, 5.41) is 8.61. The van der Waals surface area contributed by atoms with Crippen LogP contribution in [-0.4, -0.2) is 19.9 Å². The Hall–Kier alpha value is -0.560. The normalized spacial score (nSPS) is 30.5. The van der Waals surface area contributed by atoms with E-state index in [1.165, 1.54) is 0 Å². The van der Waals surface area contributed by atoms with Crippen molar-refractivity contribution in [1.82, 2.24) is 0 Å². The summed E-state index contributed by atoms with van der Waals surface area (Å²) in [5.74, 6) is 0.456. The van der Waals surface area contributed by atoms with Gasteiger partial charge in [0.1, 0.15) is 0 Å². The molecule has 0 N–H and O–H groups in total. The fourth-order valence-corrected chi connectivity index (χ4v) is 3.44. The predicted molar refractivity (Wildman–Crippen MR) is 46.2 cm³/mol. The first-order valence-electron chi connectivity index (χ1n) is 4.15. The lowest BCUT2D eigenvalue weighted by molar-refractivity contribution is 0.413. The van der Waals surface area contributed by atoms with Crippen molar-refractivity contribution in [2.24, 2.45) is 11.8 Å². The van der Waals surface area contributed by atoms with Gasteiger partial charge in [-0.15, -0.1) is 0 Å². The first-order valence-corrected chi connectivity index (χ1v) is 5.97. The molecule has 1 rings (SSSR count). The molecule has 2 atom stereocenters. The Morgan fingerprint density at radius 3 is 2.75 bits per heavy atom. The van der Waals surface area contributed by atoms with Crippen LogP contribution < -0.4 is 0 Å². The zero-order valence-electron chi connectivity index (χ0n) is 7.16. The van der Waals surface area contributed by atoms with E-state index in [2.05, 4.69) is 6.07 Å². The van der Waals surface area contributed by atoms with Gasteiger partial charge in [-0.05, 0) is 25.7 Å². The average Bonchev–Trinajstić information content (AvgIpc) is 2.01. The number of nitrogens with zero attached hydrogens (tertiary/aromatic N) is 1. The van der Waals surface area contributed by atoms with Crippen LogP contribution in [0, 0.1) is 23.2 Å².